The maximum atomic E-state index is 11.6. The number of hydrogen-bond donors (Lipinski definition) is 4. The summed E-state index contributed by atoms with van der Waals surface area (Å²) in [6.07, 6.45) is 1.25. The van der Waals surface area contributed by atoms with Gasteiger partial charge < -0.3 is 30.8 Å². The summed E-state index contributed by atoms with van der Waals surface area (Å²) in [4.78, 5) is 21.3. The van der Waals surface area contributed by atoms with E-state index in [1.807, 2.05) is 0 Å². The molecule has 1 rings (SSSR count). The molecule has 10 heteroatoms. The van der Waals surface area contributed by atoms with Crippen LogP contribution in [0, 0.1) is 10.1 Å². The lowest BCUT2D eigenvalue weighted by atomic mass is 10.0. The first-order chi connectivity index (χ1) is 8.96. The van der Waals surface area contributed by atoms with Crippen LogP contribution in [0.3, 0.4) is 0 Å². The quantitative estimate of drug-likeness (QED) is 0.320. The van der Waals surface area contributed by atoms with Crippen LogP contribution in [0.2, 0.25) is 0 Å². The van der Waals surface area contributed by atoms with Gasteiger partial charge in [-0.25, -0.2) is 0 Å². The Morgan fingerprint density at radius 1 is 1.42 bits per heavy atom. The Hall–Kier alpha value is -2.04. The fraction of sp³-hybridized carbons (Fsp3) is 0.556. The molecule has 0 atom stereocenters. The predicted molar refractivity (Wildman–Crippen MR) is 61.0 cm³/mol. The molecular formula is C9H14N4O6. The number of aliphatic hydroxyl groups excluding tert-OH is 3. The highest BCUT2D eigenvalue weighted by atomic mass is 16.6. The highest BCUT2D eigenvalue weighted by Gasteiger charge is 2.30. The minimum Gasteiger partial charge on any atom is -0.394 e. The van der Waals surface area contributed by atoms with Crippen molar-refractivity contribution in [2.75, 3.05) is 19.8 Å². The average molecular weight is 274 g/mol. The van der Waals surface area contributed by atoms with Gasteiger partial charge in [-0.1, -0.05) is 0 Å². The second-order valence-corrected chi connectivity index (χ2v) is 3.93. The van der Waals surface area contributed by atoms with Gasteiger partial charge in [-0.15, -0.1) is 0 Å². The maximum Gasteiger partial charge on any atom is 0.389 e. The van der Waals surface area contributed by atoms with Crippen molar-refractivity contribution < 1.29 is 25.0 Å². The van der Waals surface area contributed by atoms with Crippen LogP contribution in [0.15, 0.2) is 12.3 Å². The van der Waals surface area contributed by atoms with Gasteiger partial charge >= 0.3 is 5.82 Å². The van der Waals surface area contributed by atoms with Gasteiger partial charge in [-0.05, 0) is 4.92 Å². The Labute approximate surface area is 107 Å². The molecular weight excluding hydrogens is 260 g/mol. The Morgan fingerprint density at radius 3 is 2.42 bits per heavy atom. The topological polar surface area (TPSA) is 151 Å². The first-order valence-electron chi connectivity index (χ1n) is 5.28. The number of carbonyl (C=O) groups excluding carboxylic acids is 1. The Kier molecular flexibility index (Phi) is 4.92. The summed E-state index contributed by atoms with van der Waals surface area (Å²) in [6.45, 7) is -2.28. The number of hydrogen-bond acceptors (Lipinski definition) is 7. The van der Waals surface area contributed by atoms with Crippen LogP contribution in [0.5, 0.6) is 0 Å². The minimum atomic E-state index is -1.53. The number of aliphatic hydroxyl groups is 3. The third kappa shape index (κ3) is 3.71. The van der Waals surface area contributed by atoms with Crippen LogP contribution in [0.25, 0.3) is 0 Å². The van der Waals surface area contributed by atoms with Crippen LogP contribution < -0.4 is 5.32 Å². The Morgan fingerprint density at radius 2 is 2.00 bits per heavy atom. The first kappa shape index (κ1) is 15.0. The normalized spacial score (nSPS) is 11.3. The molecule has 106 valence electrons. The molecule has 0 aromatic carbocycles. The van der Waals surface area contributed by atoms with Crippen molar-refractivity contribution >= 4 is 11.7 Å². The molecule has 0 aliphatic carbocycles. The maximum absolute atomic E-state index is 11.6. The number of aromatic nitrogens is 2. The molecule has 1 heterocycles. The SMILES string of the molecule is O=C(Cn1ccc([N+](=O)[O-])n1)NC(CO)(CO)CO. The fourth-order valence-electron chi connectivity index (χ4n) is 1.29. The lowest BCUT2D eigenvalue weighted by molar-refractivity contribution is -0.389. The van der Waals surface area contributed by atoms with Crippen molar-refractivity contribution in [3.63, 3.8) is 0 Å². The van der Waals surface area contributed by atoms with E-state index >= 15 is 0 Å². The number of carbonyl (C=O) groups is 1. The molecule has 0 radical (unpaired) electrons. The van der Waals surface area contributed by atoms with Crippen LogP contribution in [0.1, 0.15) is 0 Å². The van der Waals surface area contributed by atoms with Crippen molar-refractivity contribution in [3.8, 4) is 0 Å². The van der Waals surface area contributed by atoms with Gasteiger partial charge in [-0.2, -0.15) is 4.68 Å². The van der Waals surface area contributed by atoms with Crippen LogP contribution >= 0.6 is 0 Å². The zero-order chi connectivity index (χ0) is 14.5. The number of rotatable bonds is 7. The minimum absolute atomic E-state index is 0.338. The molecule has 10 nitrogen and oxygen atoms in total. The van der Waals surface area contributed by atoms with Crippen LogP contribution in [-0.2, 0) is 11.3 Å². The van der Waals surface area contributed by atoms with Gasteiger partial charge in [0.25, 0.3) is 0 Å². The summed E-state index contributed by atoms with van der Waals surface area (Å²) < 4.78 is 1.03. The van der Waals surface area contributed by atoms with Crippen molar-refractivity contribution in [2.45, 2.75) is 12.1 Å². The highest BCUT2D eigenvalue weighted by Crippen LogP contribution is 2.06. The largest absolute Gasteiger partial charge is 0.394 e. The van der Waals surface area contributed by atoms with Crippen molar-refractivity contribution in [1.29, 1.82) is 0 Å². The van der Waals surface area contributed by atoms with Crippen LogP contribution in [0.4, 0.5) is 5.82 Å². The number of nitrogens with zero attached hydrogens (tertiary/aromatic N) is 3. The molecule has 1 aromatic rings. The third-order valence-electron chi connectivity index (χ3n) is 2.43. The molecule has 0 aliphatic heterocycles. The average Bonchev–Trinajstić information content (AvgIpc) is 2.84. The smallest absolute Gasteiger partial charge is 0.389 e. The number of amides is 1. The summed E-state index contributed by atoms with van der Waals surface area (Å²) in [5.74, 6) is -1.05. The summed E-state index contributed by atoms with van der Waals surface area (Å²) in [5.41, 5.74) is -1.53. The van der Waals surface area contributed by atoms with Gasteiger partial charge in [0.2, 0.25) is 5.91 Å². The van der Waals surface area contributed by atoms with E-state index in [-0.39, 0.29) is 6.54 Å². The van der Waals surface area contributed by atoms with E-state index in [0.717, 1.165) is 10.7 Å². The zero-order valence-corrected chi connectivity index (χ0v) is 9.89. The van der Waals surface area contributed by atoms with Crippen LogP contribution in [-0.4, -0.2) is 61.3 Å². The number of nitro groups is 1. The summed E-state index contributed by atoms with van der Waals surface area (Å²) in [6, 6.07) is 1.13. The molecule has 0 spiro atoms. The third-order valence-corrected chi connectivity index (χ3v) is 2.43. The summed E-state index contributed by atoms with van der Waals surface area (Å²) in [7, 11) is 0. The van der Waals surface area contributed by atoms with E-state index in [0.29, 0.717) is 0 Å². The van der Waals surface area contributed by atoms with E-state index in [1.165, 1.54) is 6.20 Å². The van der Waals surface area contributed by atoms with E-state index in [1.54, 1.807) is 0 Å². The van der Waals surface area contributed by atoms with Gasteiger partial charge in [0.05, 0.1) is 37.2 Å². The molecule has 1 amide bonds. The molecule has 0 unspecified atom stereocenters. The Bertz CT molecular complexity index is 447. The lowest BCUT2D eigenvalue weighted by Gasteiger charge is -2.28. The second kappa shape index (κ2) is 6.22. The van der Waals surface area contributed by atoms with E-state index in [9.17, 15) is 14.9 Å². The van der Waals surface area contributed by atoms with Gasteiger partial charge in [0.1, 0.15) is 12.1 Å². The monoisotopic (exact) mass is 274 g/mol. The van der Waals surface area contributed by atoms with E-state index in [4.69, 9.17) is 15.3 Å². The number of nitrogens with one attached hydrogen (secondary N) is 1. The molecule has 1 aromatic heterocycles. The highest BCUT2D eigenvalue weighted by molar-refractivity contribution is 5.76. The first-order valence-corrected chi connectivity index (χ1v) is 5.28. The van der Waals surface area contributed by atoms with Gasteiger partial charge in [0.15, 0.2) is 0 Å². The van der Waals surface area contributed by atoms with Crippen molar-refractivity contribution in [2.24, 2.45) is 0 Å². The molecule has 0 bridgehead atoms. The standard InChI is InChI=1S/C9H14N4O6/c14-4-9(5-15,6-16)10-8(17)3-12-2-1-7(11-12)13(18)19/h1-2,14-16H,3-6H2,(H,10,17). The van der Waals surface area contributed by atoms with Gasteiger partial charge in [-0.3, -0.25) is 4.79 Å². The molecule has 4 N–H and O–H groups in total. The summed E-state index contributed by atoms with van der Waals surface area (Å²) in [5, 5.41) is 43.2. The van der Waals surface area contributed by atoms with Crippen molar-refractivity contribution in [1.82, 2.24) is 15.1 Å². The molecule has 0 saturated carbocycles. The predicted octanol–water partition coefficient (Wildman–Crippen LogP) is -2.38. The molecule has 0 saturated heterocycles. The Balaban J connectivity index is 2.66. The lowest BCUT2D eigenvalue weighted by Crippen LogP contribution is -2.57. The molecule has 19 heavy (non-hydrogen) atoms. The van der Waals surface area contributed by atoms with E-state index < -0.39 is 42.0 Å². The second-order valence-electron chi connectivity index (χ2n) is 3.93. The molecule has 0 aliphatic rings. The van der Waals surface area contributed by atoms with E-state index in [2.05, 4.69) is 10.4 Å². The van der Waals surface area contributed by atoms with Crippen molar-refractivity contribution in [3.05, 3.63) is 22.4 Å². The fourth-order valence-corrected chi connectivity index (χ4v) is 1.29. The zero-order valence-electron chi connectivity index (χ0n) is 9.89. The molecule has 0 fully saturated rings. The summed E-state index contributed by atoms with van der Waals surface area (Å²) >= 11 is 0. The van der Waals surface area contributed by atoms with Gasteiger partial charge in [0, 0.05) is 0 Å².